The van der Waals surface area contributed by atoms with E-state index in [4.69, 9.17) is 10.5 Å². The van der Waals surface area contributed by atoms with E-state index < -0.39 is 11.6 Å². The molecule has 0 spiro atoms. The number of rotatable bonds is 3. The van der Waals surface area contributed by atoms with Crippen LogP contribution < -0.4 is 5.73 Å². The lowest BCUT2D eigenvalue weighted by molar-refractivity contribution is -0.0266. The van der Waals surface area contributed by atoms with Crippen molar-refractivity contribution in [1.29, 1.82) is 0 Å². The Morgan fingerprint density at radius 1 is 1.42 bits per heavy atom. The first-order valence-electron chi connectivity index (χ1n) is 5.78. The van der Waals surface area contributed by atoms with Crippen LogP contribution in [0, 0.1) is 15.2 Å². The largest absolute Gasteiger partial charge is 0.374 e. The maximum Gasteiger partial charge on any atom is 0.143 e. The van der Waals surface area contributed by atoms with Gasteiger partial charge in [0.25, 0.3) is 0 Å². The van der Waals surface area contributed by atoms with Crippen LogP contribution in [0.5, 0.6) is 0 Å². The molecule has 0 aliphatic carbocycles. The molecule has 0 saturated carbocycles. The summed E-state index contributed by atoms with van der Waals surface area (Å²) in [6, 6.07) is 2.75. The fourth-order valence-electron chi connectivity index (χ4n) is 2.00. The van der Waals surface area contributed by atoms with E-state index in [-0.39, 0.29) is 30.6 Å². The van der Waals surface area contributed by atoms with Gasteiger partial charge in [-0.05, 0) is 34.7 Å². The summed E-state index contributed by atoms with van der Waals surface area (Å²) < 4.78 is 33.4. The Bertz CT molecular complexity index is 436. The molecule has 0 bridgehead atoms. The van der Waals surface area contributed by atoms with Crippen molar-refractivity contribution < 1.29 is 13.5 Å². The van der Waals surface area contributed by atoms with Gasteiger partial charge in [0.1, 0.15) is 11.6 Å². The van der Waals surface area contributed by atoms with Crippen molar-refractivity contribution in [2.75, 3.05) is 26.2 Å². The Labute approximate surface area is 131 Å². The zero-order valence-electron chi connectivity index (χ0n) is 10.2. The third-order valence-electron chi connectivity index (χ3n) is 3.01. The van der Waals surface area contributed by atoms with Gasteiger partial charge in [0, 0.05) is 35.3 Å². The van der Waals surface area contributed by atoms with Crippen LogP contribution in [0.15, 0.2) is 12.1 Å². The molecule has 2 rings (SSSR count). The quantitative estimate of drug-likeness (QED) is 0.620. The smallest absolute Gasteiger partial charge is 0.143 e. The van der Waals surface area contributed by atoms with Gasteiger partial charge < -0.3 is 10.5 Å². The minimum absolute atomic E-state index is 0. The van der Waals surface area contributed by atoms with E-state index in [9.17, 15) is 8.78 Å². The molecular weight excluding hydrogens is 388 g/mol. The topological polar surface area (TPSA) is 38.5 Å². The van der Waals surface area contributed by atoms with Crippen molar-refractivity contribution in [1.82, 2.24) is 4.90 Å². The molecule has 1 atom stereocenters. The molecule has 0 aromatic heterocycles. The van der Waals surface area contributed by atoms with Crippen LogP contribution in [0.2, 0.25) is 0 Å². The molecule has 1 heterocycles. The second-order valence-electron chi connectivity index (χ2n) is 4.29. The standard InChI is InChI=1S/C12H15F2IN2O.ClH/c13-10-1-2-11(15)12(14)9(10)7-17-3-4-18-8(5-16)6-17;/h1-2,8H,3-7,16H2;1H. The van der Waals surface area contributed by atoms with E-state index in [1.54, 1.807) is 0 Å². The third-order valence-corrected chi connectivity index (χ3v) is 3.84. The number of hydrogen-bond donors (Lipinski definition) is 1. The van der Waals surface area contributed by atoms with Gasteiger partial charge in [-0.1, -0.05) is 0 Å². The predicted molar refractivity (Wildman–Crippen MR) is 80.4 cm³/mol. The average Bonchev–Trinajstić information content (AvgIpc) is 2.39. The Balaban J connectivity index is 0.00000180. The van der Waals surface area contributed by atoms with Gasteiger partial charge in [-0.25, -0.2) is 8.78 Å². The lowest BCUT2D eigenvalue weighted by atomic mass is 10.1. The molecule has 0 radical (unpaired) electrons. The highest BCUT2D eigenvalue weighted by Gasteiger charge is 2.22. The van der Waals surface area contributed by atoms with E-state index >= 15 is 0 Å². The summed E-state index contributed by atoms with van der Waals surface area (Å²) >= 11 is 1.87. The molecule has 3 nitrogen and oxygen atoms in total. The lowest BCUT2D eigenvalue weighted by Gasteiger charge is -2.32. The van der Waals surface area contributed by atoms with Gasteiger partial charge in [0.05, 0.1) is 12.7 Å². The second kappa shape index (κ2) is 7.68. The van der Waals surface area contributed by atoms with E-state index in [0.29, 0.717) is 29.8 Å². The SMILES string of the molecule is Cl.NCC1CN(Cc2c(F)ccc(I)c2F)CCO1. The fraction of sp³-hybridized carbons (Fsp3) is 0.500. The first kappa shape index (κ1) is 17.0. The van der Waals surface area contributed by atoms with E-state index in [0.717, 1.165) is 0 Å². The zero-order valence-corrected chi connectivity index (χ0v) is 13.2. The van der Waals surface area contributed by atoms with Gasteiger partial charge in [-0.2, -0.15) is 0 Å². The molecule has 1 unspecified atom stereocenters. The maximum atomic E-state index is 13.9. The molecule has 108 valence electrons. The van der Waals surface area contributed by atoms with Crippen LogP contribution in [0.1, 0.15) is 5.56 Å². The van der Waals surface area contributed by atoms with Gasteiger partial charge in [-0.3, -0.25) is 4.90 Å². The number of benzene rings is 1. The Morgan fingerprint density at radius 2 is 2.16 bits per heavy atom. The van der Waals surface area contributed by atoms with Crippen molar-refractivity contribution in [2.45, 2.75) is 12.6 Å². The number of nitrogens with two attached hydrogens (primary N) is 1. The maximum absolute atomic E-state index is 13.9. The Morgan fingerprint density at radius 3 is 2.84 bits per heavy atom. The highest BCUT2D eigenvalue weighted by Crippen LogP contribution is 2.21. The van der Waals surface area contributed by atoms with Gasteiger partial charge >= 0.3 is 0 Å². The summed E-state index contributed by atoms with van der Waals surface area (Å²) in [5.41, 5.74) is 5.67. The van der Waals surface area contributed by atoms with Crippen LogP contribution in [-0.2, 0) is 11.3 Å². The number of halogens is 4. The molecule has 2 N–H and O–H groups in total. The number of nitrogens with zero attached hydrogens (tertiary/aromatic N) is 1. The fourth-order valence-corrected chi connectivity index (χ4v) is 2.51. The van der Waals surface area contributed by atoms with Crippen LogP contribution >= 0.6 is 35.0 Å². The molecule has 1 aromatic carbocycles. The average molecular weight is 405 g/mol. The summed E-state index contributed by atoms with van der Waals surface area (Å²) in [6.45, 7) is 2.51. The number of ether oxygens (including phenoxy) is 1. The van der Waals surface area contributed by atoms with Gasteiger partial charge in [-0.15, -0.1) is 12.4 Å². The summed E-state index contributed by atoms with van der Waals surface area (Å²) in [6.07, 6.45) is -0.0485. The lowest BCUT2D eigenvalue weighted by Crippen LogP contribution is -2.45. The highest BCUT2D eigenvalue weighted by molar-refractivity contribution is 14.1. The molecule has 1 aliphatic rings. The van der Waals surface area contributed by atoms with Crippen molar-refractivity contribution in [3.8, 4) is 0 Å². The van der Waals surface area contributed by atoms with Crippen LogP contribution in [0.4, 0.5) is 8.78 Å². The first-order valence-corrected chi connectivity index (χ1v) is 6.86. The zero-order chi connectivity index (χ0) is 13.1. The van der Waals surface area contributed by atoms with Crippen molar-refractivity contribution in [3.63, 3.8) is 0 Å². The predicted octanol–water partition coefficient (Wildman–Crippen LogP) is 2.15. The van der Waals surface area contributed by atoms with E-state index in [1.165, 1.54) is 12.1 Å². The Hall–Kier alpha value is -0.0200. The molecular formula is C12H16ClF2IN2O. The van der Waals surface area contributed by atoms with Crippen molar-refractivity contribution in [3.05, 3.63) is 32.9 Å². The van der Waals surface area contributed by atoms with Crippen LogP contribution in [-0.4, -0.2) is 37.2 Å². The van der Waals surface area contributed by atoms with Crippen LogP contribution in [0.3, 0.4) is 0 Å². The van der Waals surface area contributed by atoms with E-state index in [1.807, 2.05) is 27.5 Å². The minimum Gasteiger partial charge on any atom is -0.374 e. The highest BCUT2D eigenvalue weighted by atomic mass is 127. The normalized spacial score (nSPS) is 20.1. The van der Waals surface area contributed by atoms with Crippen LogP contribution in [0.25, 0.3) is 0 Å². The number of morpholine rings is 1. The monoisotopic (exact) mass is 404 g/mol. The second-order valence-corrected chi connectivity index (χ2v) is 5.45. The third kappa shape index (κ3) is 4.22. The molecule has 19 heavy (non-hydrogen) atoms. The summed E-state index contributed by atoms with van der Waals surface area (Å²) in [5.74, 6) is -0.963. The summed E-state index contributed by atoms with van der Waals surface area (Å²) in [5, 5.41) is 0. The molecule has 1 fully saturated rings. The van der Waals surface area contributed by atoms with Gasteiger partial charge in [0.2, 0.25) is 0 Å². The summed E-state index contributed by atoms with van der Waals surface area (Å²) in [4.78, 5) is 1.97. The minimum atomic E-state index is -0.497. The van der Waals surface area contributed by atoms with E-state index in [2.05, 4.69) is 0 Å². The molecule has 1 aliphatic heterocycles. The Kier molecular flexibility index (Phi) is 6.89. The number of hydrogen-bond acceptors (Lipinski definition) is 3. The molecule has 1 saturated heterocycles. The molecule has 7 heteroatoms. The molecule has 1 aromatic rings. The van der Waals surface area contributed by atoms with Crippen molar-refractivity contribution >= 4 is 35.0 Å². The molecule has 0 amide bonds. The first-order chi connectivity index (χ1) is 8.61. The van der Waals surface area contributed by atoms with Crippen molar-refractivity contribution in [2.24, 2.45) is 5.73 Å². The van der Waals surface area contributed by atoms with Gasteiger partial charge in [0.15, 0.2) is 0 Å². The summed E-state index contributed by atoms with van der Waals surface area (Å²) in [7, 11) is 0.